The van der Waals surface area contributed by atoms with Gasteiger partial charge in [-0.1, -0.05) is 54.3 Å². The van der Waals surface area contributed by atoms with Crippen LogP contribution in [-0.4, -0.2) is 10.7 Å². The van der Waals surface area contributed by atoms with Crippen molar-refractivity contribution in [2.75, 3.05) is 11.5 Å². The Morgan fingerprint density at radius 1 is 1.35 bits per heavy atom. The molecule has 0 aliphatic rings. The molecular weight excluding hydrogens is 248 g/mol. The lowest BCUT2D eigenvalue weighted by Gasteiger charge is -2.02. The lowest BCUT2D eigenvalue weighted by Crippen LogP contribution is -1.88. The van der Waals surface area contributed by atoms with Gasteiger partial charge in [0.25, 0.3) is 0 Å². The van der Waals surface area contributed by atoms with Crippen molar-refractivity contribution >= 4 is 28.1 Å². The summed E-state index contributed by atoms with van der Waals surface area (Å²) in [6.45, 7) is 4.26. The number of nitrogens with zero attached hydrogens (tertiary/aromatic N) is 1. The van der Waals surface area contributed by atoms with E-state index in [1.54, 1.807) is 23.1 Å². The van der Waals surface area contributed by atoms with Crippen molar-refractivity contribution < 1.29 is 0 Å². The second kappa shape index (κ2) is 5.56. The molecule has 1 heterocycles. The first-order valence-electron chi connectivity index (χ1n) is 5.67. The van der Waals surface area contributed by atoms with E-state index in [0.717, 1.165) is 32.8 Å². The molecule has 2 rings (SSSR count). The molecule has 17 heavy (non-hydrogen) atoms. The Labute approximate surface area is 110 Å². The lowest BCUT2D eigenvalue weighted by molar-refractivity contribution is 1.10. The monoisotopic (exact) mass is 264 g/mol. The Balaban J connectivity index is 2.33. The van der Waals surface area contributed by atoms with E-state index in [1.807, 2.05) is 12.1 Å². The first-order chi connectivity index (χ1) is 8.22. The topological polar surface area (TPSA) is 38.9 Å². The van der Waals surface area contributed by atoms with Crippen molar-refractivity contribution in [1.29, 1.82) is 0 Å². The molecule has 0 saturated carbocycles. The largest absolute Gasteiger partial charge is 0.389 e. The van der Waals surface area contributed by atoms with Gasteiger partial charge >= 0.3 is 0 Å². The van der Waals surface area contributed by atoms with E-state index in [2.05, 4.69) is 31.0 Å². The van der Waals surface area contributed by atoms with Gasteiger partial charge in [0.15, 0.2) is 4.34 Å². The van der Waals surface area contributed by atoms with Gasteiger partial charge in [-0.15, -0.1) is 0 Å². The van der Waals surface area contributed by atoms with Gasteiger partial charge in [-0.05, 0) is 18.9 Å². The Morgan fingerprint density at radius 2 is 2.12 bits per heavy atom. The molecule has 0 radical (unpaired) electrons. The molecule has 0 bridgehead atoms. The molecule has 1 aromatic carbocycles. The molecular formula is C13H16N2S2. The number of anilines is 1. The summed E-state index contributed by atoms with van der Waals surface area (Å²) < 4.78 is 1.07. The third kappa shape index (κ3) is 2.82. The number of thioether (sulfide) groups is 1. The third-order valence-electron chi connectivity index (χ3n) is 2.46. The Hall–Kier alpha value is -1.00. The number of nitrogen functional groups attached to an aromatic ring is 1. The number of rotatable bonds is 4. The maximum absolute atomic E-state index is 6.06. The molecule has 90 valence electrons. The molecule has 0 aliphatic heterocycles. The normalized spacial score (nSPS) is 10.7. The second-order valence-electron chi connectivity index (χ2n) is 3.86. The van der Waals surface area contributed by atoms with Crippen LogP contribution in [0.15, 0.2) is 28.6 Å². The van der Waals surface area contributed by atoms with E-state index in [9.17, 15) is 0 Å². The fourth-order valence-electron chi connectivity index (χ4n) is 1.59. The fraction of sp³-hybridized carbons (Fsp3) is 0.308. The van der Waals surface area contributed by atoms with Crippen LogP contribution >= 0.6 is 23.1 Å². The zero-order chi connectivity index (χ0) is 12.3. The van der Waals surface area contributed by atoms with Crippen LogP contribution < -0.4 is 5.73 Å². The third-order valence-corrected chi connectivity index (χ3v) is 4.70. The number of aromatic nitrogens is 1. The Bertz CT molecular complexity index is 506. The van der Waals surface area contributed by atoms with Gasteiger partial charge in [0.2, 0.25) is 0 Å². The van der Waals surface area contributed by atoms with Crippen LogP contribution in [-0.2, 0) is 0 Å². The zero-order valence-electron chi connectivity index (χ0n) is 10.1. The van der Waals surface area contributed by atoms with Crippen molar-refractivity contribution in [3.05, 3.63) is 29.8 Å². The average molecular weight is 264 g/mol. The maximum Gasteiger partial charge on any atom is 0.152 e. The summed E-state index contributed by atoms with van der Waals surface area (Å²) in [7, 11) is 0. The molecule has 0 saturated heterocycles. The first kappa shape index (κ1) is 12.5. The summed E-state index contributed by atoms with van der Waals surface area (Å²) in [5, 5.41) is 0.818. The second-order valence-corrected chi connectivity index (χ2v) is 6.23. The van der Waals surface area contributed by atoms with Gasteiger partial charge in [-0.2, -0.15) is 0 Å². The molecule has 2 aromatic rings. The lowest BCUT2D eigenvalue weighted by atomic mass is 10.1. The maximum atomic E-state index is 6.06. The quantitative estimate of drug-likeness (QED) is 0.841. The molecule has 0 amide bonds. The highest BCUT2D eigenvalue weighted by atomic mass is 32.2. The number of hydrogen-bond acceptors (Lipinski definition) is 4. The summed E-state index contributed by atoms with van der Waals surface area (Å²) in [5.74, 6) is 1.10. The zero-order valence-corrected chi connectivity index (χ0v) is 11.7. The first-order valence-corrected chi connectivity index (χ1v) is 7.47. The fourth-order valence-corrected chi connectivity index (χ4v) is 3.46. The molecule has 0 atom stereocenters. The molecule has 0 fully saturated rings. The van der Waals surface area contributed by atoms with Crippen LogP contribution in [0.25, 0.3) is 11.3 Å². The van der Waals surface area contributed by atoms with Crippen molar-refractivity contribution in [3.8, 4) is 11.3 Å². The smallest absolute Gasteiger partial charge is 0.152 e. The number of hydrogen-bond donors (Lipinski definition) is 1. The van der Waals surface area contributed by atoms with Crippen molar-refractivity contribution in [2.24, 2.45) is 0 Å². The minimum Gasteiger partial charge on any atom is -0.389 e. The molecule has 1 aromatic heterocycles. The van der Waals surface area contributed by atoms with E-state index >= 15 is 0 Å². The van der Waals surface area contributed by atoms with Crippen LogP contribution in [0.1, 0.15) is 18.9 Å². The summed E-state index contributed by atoms with van der Waals surface area (Å²) >= 11 is 3.37. The van der Waals surface area contributed by atoms with Crippen LogP contribution in [0.4, 0.5) is 5.00 Å². The highest BCUT2D eigenvalue weighted by Crippen LogP contribution is 2.36. The standard InChI is InChI=1S/C13H16N2S2/c1-3-8-16-13-15-11(12(14)17-13)10-7-5-4-6-9(10)2/h4-7H,3,8,14H2,1-2H3. The molecule has 0 aliphatic carbocycles. The Morgan fingerprint density at radius 3 is 2.82 bits per heavy atom. The van der Waals surface area contributed by atoms with Gasteiger partial charge < -0.3 is 5.73 Å². The highest BCUT2D eigenvalue weighted by molar-refractivity contribution is 8.01. The van der Waals surface area contributed by atoms with E-state index in [1.165, 1.54) is 5.56 Å². The van der Waals surface area contributed by atoms with E-state index < -0.39 is 0 Å². The predicted molar refractivity (Wildman–Crippen MR) is 77.7 cm³/mol. The van der Waals surface area contributed by atoms with E-state index in [-0.39, 0.29) is 0 Å². The molecule has 0 spiro atoms. The number of thiazole rings is 1. The minimum absolute atomic E-state index is 0.818. The summed E-state index contributed by atoms with van der Waals surface area (Å²) in [5.41, 5.74) is 9.36. The number of nitrogens with two attached hydrogens (primary N) is 1. The van der Waals surface area contributed by atoms with Gasteiger partial charge in [0, 0.05) is 11.3 Å². The SMILES string of the molecule is CCCSc1nc(-c2ccccc2C)c(N)s1. The van der Waals surface area contributed by atoms with Crippen molar-refractivity contribution in [3.63, 3.8) is 0 Å². The van der Waals surface area contributed by atoms with Crippen molar-refractivity contribution in [2.45, 2.75) is 24.6 Å². The minimum atomic E-state index is 0.818. The summed E-state index contributed by atoms with van der Waals surface area (Å²) in [6, 6.07) is 8.23. The van der Waals surface area contributed by atoms with E-state index in [0.29, 0.717) is 0 Å². The highest BCUT2D eigenvalue weighted by Gasteiger charge is 2.12. The average Bonchev–Trinajstić information content (AvgIpc) is 2.68. The van der Waals surface area contributed by atoms with Gasteiger partial charge in [-0.3, -0.25) is 0 Å². The van der Waals surface area contributed by atoms with Crippen molar-refractivity contribution in [1.82, 2.24) is 4.98 Å². The predicted octanol–water partition coefficient (Wildman–Crippen LogP) is 4.20. The van der Waals surface area contributed by atoms with E-state index in [4.69, 9.17) is 5.73 Å². The van der Waals surface area contributed by atoms with Crippen LogP contribution in [0.2, 0.25) is 0 Å². The summed E-state index contributed by atoms with van der Waals surface area (Å²) in [4.78, 5) is 4.63. The number of benzene rings is 1. The molecule has 0 unspecified atom stereocenters. The van der Waals surface area contributed by atoms with Crippen LogP contribution in [0, 0.1) is 6.92 Å². The molecule has 4 heteroatoms. The molecule has 2 N–H and O–H groups in total. The summed E-state index contributed by atoms with van der Waals surface area (Å²) in [6.07, 6.45) is 1.16. The van der Waals surface area contributed by atoms with Crippen LogP contribution in [0.5, 0.6) is 0 Å². The van der Waals surface area contributed by atoms with Gasteiger partial charge in [0.1, 0.15) is 10.7 Å². The van der Waals surface area contributed by atoms with Gasteiger partial charge in [0.05, 0.1) is 0 Å². The van der Waals surface area contributed by atoms with Crippen LogP contribution in [0.3, 0.4) is 0 Å². The molecule has 2 nitrogen and oxygen atoms in total. The Kier molecular flexibility index (Phi) is 4.07. The van der Waals surface area contributed by atoms with Gasteiger partial charge in [-0.25, -0.2) is 4.98 Å². The number of aryl methyl sites for hydroxylation is 1.